The normalized spacial score (nSPS) is 26.7. The number of hydrogen-bond acceptors (Lipinski definition) is 2. The van der Waals surface area contributed by atoms with Crippen LogP contribution in [0, 0.1) is 17.8 Å². The molecule has 0 aliphatic heterocycles. The van der Waals surface area contributed by atoms with Gasteiger partial charge in [0.15, 0.2) is 0 Å². The van der Waals surface area contributed by atoms with Gasteiger partial charge in [-0.25, -0.2) is 0 Å². The van der Waals surface area contributed by atoms with E-state index in [2.05, 4.69) is 13.0 Å². The first-order valence-electron chi connectivity index (χ1n) is 9.81. The Morgan fingerprint density at radius 2 is 2.04 bits per heavy atom. The van der Waals surface area contributed by atoms with Gasteiger partial charge in [-0.1, -0.05) is 39.0 Å². The summed E-state index contributed by atoms with van der Waals surface area (Å²) in [7, 11) is 0. The average Bonchev–Trinajstić information content (AvgIpc) is 3.06. The van der Waals surface area contributed by atoms with Gasteiger partial charge in [-0.15, -0.1) is 0 Å². The van der Waals surface area contributed by atoms with Crippen LogP contribution in [0.4, 0.5) is 0 Å². The van der Waals surface area contributed by atoms with Crippen LogP contribution < -0.4 is 0 Å². The fraction of sp³-hybridized carbons (Fsp3) is 0.762. The van der Waals surface area contributed by atoms with Gasteiger partial charge < -0.3 is 9.21 Å². The van der Waals surface area contributed by atoms with Crippen LogP contribution >= 0.6 is 0 Å². The number of aldehydes is 1. The van der Waals surface area contributed by atoms with Crippen molar-refractivity contribution in [3.63, 3.8) is 0 Å². The van der Waals surface area contributed by atoms with Gasteiger partial charge in [0.2, 0.25) is 0 Å². The number of aryl methyl sites for hydroxylation is 1. The lowest BCUT2D eigenvalue weighted by molar-refractivity contribution is -0.113. The molecule has 2 nitrogen and oxygen atoms in total. The van der Waals surface area contributed by atoms with E-state index < -0.39 is 0 Å². The molecule has 0 aromatic carbocycles. The molecule has 0 saturated heterocycles. The van der Waals surface area contributed by atoms with Crippen LogP contribution in [0.5, 0.6) is 0 Å². The van der Waals surface area contributed by atoms with Crippen molar-refractivity contribution in [2.45, 2.75) is 83.5 Å². The number of furan rings is 1. The lowest BCUT2D eigenvalue weighted by atomic mass is 9.75. The summed E-state index contributed by atoms with van der Waals surface area (Å²) in [6.45, 7) is 2.39. The number of unbranched alkanes of at least 4 members (excludes halogenated alkanes) is 1. The largest absolute Gasteiger partial charge is 0.469 e. The number of carbonyl (C=O) groups is 1. The highest BCUT2D eigenvalue weighted by Crippen LogP contribution is 2.40. The summed E-state index contributed by atoms with van der Waals surface area (Å²) < 4.78 is 5.63. The summed E-state index contributed by atoms with van der Waals surface area (Å²) in [6.07, 6.45) is 16.9. The maximum Gasteiger partial charge on any atom is 0.123 e. The van der Waals surface area contributed by atoms with Crippen molar-refractivity contribution in [2.75, 3.05) is 0 Å². The molecule has 2 unspecified atom stereocenters. The van der Waals surface area contributed by atoms with Gasteiger partial charge >= 0.3 is 0 Å². The van der Waals surface area contributed by atoms with Crippen molar-refractivity contribution in [2.24, 2.45) is 17.8 Å². The van der Waals surface area contributed by atoms with E-state index in [1.807, 2.05) is 6.26 Å². The summed E-state index contributed by atoms with van der Waals surface area (Å²) in [4.78, 5) is 11.5. The Morgan fingerprint density at radius 3 is 2.83 bits per heavy atom. The minimum Gasteiger partial charge on any atom is -0.469 e. The molecule has 0 radical (unpaired) electrons. The number of hydrogen-bond donors (Lipinski definition) is 0. The molecule has 1 saturated carbocycles. The Hall–Kier alpha value is -1.05. The molecule has 0 amide bonds. The summed E-state index contributed by atoms with van der Waals surface area (Å²) in [5, 5.41) is 0. The molecule has 2 aliphatic carbocycles. The Kier molecular flexibility index (Phi) is 5.96. The quantitative estimate of drug-likeness (QED) is 0.463. The Bertz CT molecular complexity index is 484. The molecule has 3 rings (SSSR count). The number of rotatable bonds is 7. The number of fused-ring (bicyclic) bond motifs is 1. The van der Waals surface area contributed by atoms with Gasteiger partial charge in [0.1, 0.15) is 12.0 Å². The predicted octanol–water partition coefficient (Wildman–Crippen LogP) is 5.90. The van der Waals surface area contributed by atoms with E-state index >= 15 is 0 Å². The Balaban J connectivity index is 1.45. The second kappa shape index (κ2) is 8.17. The van der Waals surface area contributed by atoms with Crippen molar-refractivity contribution < 1.29 is 9.21 Å². The van der Waals surface area contributed by atoms with Crippen LogP contribution in [0.3, 0.4) is 0 Å². The molecular formula is C21H32O2. The Morgan fingerprint density at radius 1 is 1.22 bits per heavy atom. The summed E-state index contributed by atoms with van der Waals surface area (Å²) in [5.41, 5.74) is 1.46. The fourth-order valence-corrected chi connectivity index (χ4v) is 4.91. The van der Waals surface area contributed by atoms with Crippen molar-refractivity contribution >= 4 is 6.29 Å². The van der Waals surface area contributed by atoms with E-state index in [4.69, 9.17) is 4.42 Å². The summed E-state index contributed by atoms with van der Waals surface area (Å²) in [5.74, 6) is 3.65. The monoisotopic (exact) mass is 316 g/mol. The van der Waals surface area contributed by atoms with Gasteiger partial charge in [0, 0.05) is 12.3 Å². The molecule has 128 valence electrons. The van der Waals surface area contributed by atoms with Crippen molar-refractivity contribution in [3.8, 4) is 0 Å². The second-order valence-corrected chi connectivity index (χ2v) is 7.90. The SMILES string of the molecule is CC1CCc2occc2C1CCCC[C@H](C=O)C1CCCCC1. The first-order chi connectivity index (χ1) is 11.3. The molecule has 23 heavy (non-hydrogen) atoms. The van der Waals surface area contributed by atoms with Crippen molar-refractivity contribution in [3.05, 3.63) is 23.7 Å². The van der Waals surface area contributed by atoms with E-state index in [1.165, 1.54) is 75.4 Å². The van der Waals surface area contributed by atoms with Crippen LogP contribution in [-0.4, -0.2) is 6.29 Å². The smallest absolute Gasteiger partial charge is 0.123 e. The molecule has 1 aromatic heterocycles. The van der Waals surface area contributed by atoms with Gasteiger partial charge in [0.05, 0.1) is 6.26 Å². The lowest BCUT2D eigenvalue weighted by Crippen LogP contribution is -2.19. The van der Waals surface area contributed by atoms with Crippen LogP contribution in [0.1, 0.15) is 88.4 Å². The first-order valence-corrected chi connectivity index (χ1v) is 9.81. The van der Waals surface area contributed by atoms with E-state index in [0.717, 1.165) is 18.8 Å². The summed E-state index contributed by atoms with van der Waals surface area (Å²) >= 11 is 0. The molecule has 1 heterocycles. The van der Waals surface area contributed by atoms with E-state index in [-0.39, 0.29) is 0 Å². The maximum atomic E-state index is 11.5. The maximum absolute atomic E-state index is 11.5. The van der Waals surface area contributed by atoms with Crippen LogP contribution in [0.25, 0.3) is 0 Å². The van der Waals surface area contributed by atoms with E-state index in [1.54, 1.807) is 0 Å². The molecule has 3 atom stereocenters. The minimum atomic E-state index is 0.323. The molecule has 0 spiro atoms. The van der Waals surface area contributed by atoms with Gasteiger partial charge in [0.25, 0.3) is 0 Å². The molecule has 0 bridgehead atoms. The van der Waals surface area contributed by atoms with Crippen molar-refractivity contribution in [1.29, 1.82) is 0 Å². The minimum absolute atomic E-state index is 0.323. The molecule has 0 N–H and O–H groups in total. The highest BCUT2D eigenvalue weighted by atomic mass is 16.3. The second-order valence-electron chi connectivity index (χ2n) is 7.90. The highest BCUT2D eigenvalue weighted by molar-refractivity contribution is 5.54. The molecule has 1 aromatic rings. The van der Waals surface area contributed by atoms with Gasteiger partial charge in [-0.2, -0.15) is 0 Å². The zero-order chi connectivity index (χ0) is 16.1. The highest BCUT2D eigenvalue weighted by Gasteiger charge is 2.28. The molecule has 2 aliphatic rings. The van der Waals surface area contributed by atoms with E-state index in [9.17, 15) is 4.79 Å². The predicted molar refractivity (Wildman–Crippen MR) is 93.5 cm³/mol. The summed E-state index contributed by atoms with van der Waals surface area (Å²) in [6, 6.07) is 2.19. The Labute approximate surface area is 141 Å². The third kappa shape index (κ3) is 4.08. The zero-order valence-electron chi connectivity index (χ0n) is 14.6. The van der Waals surface area contributed by atoms with Crippen LogP contribution in [-0.2, 0) is 11.2 Å². The van der Waals surface area contributed by atoms with Gasteiger partial charge in [-0.3, -0.25) is 0 Å². The standard InChI is InChI=1S/C21H32O2/c1-16-11-12-21-20(13-14-23-21)19(16)10-6-5-9-18(15-22)17-7-3-2-4-8-17/h13-19H,2-12H2,1H3/t16?,18-,19?/m1/s1. The van der Waals surface area contributed by atoms with Crippen LogP contribution in [0.2, 0.25) is 0 Å². The fourth-order valence-electron chi connectivity index (χ4n) is 4.91. The van der Waals surface area contributed by atoms with Crippen LogP contribution in [0.15, 0.2) is 16.7 Å². The molecule has 1 fully saturated rings. The van der Waals surface area contributed by atoms with Gasteiger partial charge in [-0.05, 0) is 61.5 Å². The average molecular weight is 316 g/mol. The zero-order valence-corrected chi connectivity index (χ0v) is 14.6. The third-order valence-corrected chi connectivity index (χ3v) is 6.43. The van der Waals surface area contributed by atoms with Crippen molar-refractivity contribution in [1.82, 2.24) is 0 Å². The molecule has 2 heteroatoms. The number of carbonyl (C=O) groups excluding carboxylic acids is 1. The van der Waals surface area contributed by atoms with E-state index in [0.29, 0.717) is 17.8 Å². The first kappa shape index (κ1) is 16.8. The molecular weight excluding hydrogens is 284 g/mol. The topological polar surface area (TPSA) is 30.2 Å². The third-order valence-electron chi connectivity index (χ3n) is 6.43. The lowest BCUT2D eigenvalue weighted by Gasteiger charge is -2.29.